The van der Waals surface area contributed by atoms with Gasteiger partial charge in [0, 0.05) is 53.8 Å². The van der Waals surface area contributed by atoms with Gasteiger partial charge in [-0.25, -0.2) is 9.78 Å². The van der Waals surface area contributed by atoms with E-state index in [0.717, 1.165) is 22.3 Å². The Morgan fingerprint density at radius 3 is 2.38 bits per heavy atom. The highest BCUT2D eigenvalue weighted by Gasteiger charge is 2.14. The molecule has 1 aromatic carbocycles. The number of rotatable bonds is 6. The van der Waals surface area contributed by atoms with E-state index in [-0.39, 0.29) is 24.4 Å². The van der Waals surface area contributed by atoms with Crippen molar-refractivity contribution in [2.75, 3.05) is 11.9 Å². The number of urea groups is 1. The molecule has 0 spiro atoms. The molecule has 4 rings (SSSR count). The standard InChI is InChI=1S/C26H28N6O2/c1-26(2,3)31-24(33)11-12-28-25(34)30-22-17-32-16-19(9-10-23(32)29-22)21-13-20(14-27-15-21)18-7-5-4-6-8-18/h4-10,13-17H,11-12H2,1-3H3,(H,31,33)(H2,28,30,34). The topological polar surface area (TPSA) is 100 Å². The molecule has 0 aliphatic rings. The Hall–Kier alpha value is -4.20. The number of carbonyl (C=O) groups excluding carboxylic acids is 2. The predicted molar refractivity (Wildman–Crippen MR) is 133 cm³/mol. The van der Waals surface area contributed by atoms with Crippen LogP contribution in [-0.4, -0.2) is 38.4 Å². The molecule has 174 valence electrons. The summed E-state index contributed by atoms with van der Waals surface area (Å²) in [7, 11) is 0. The highest BCUT2D eigenvalue weighted by molar-refractivity contribution is 5.89. The maximum Gasteiger partial charge on any atom is 0.320 e. The van der Waals surface area contributed by atoms with E-state index in [4.69, 9.17) is 0 Å². The SMILES string of the molecule is CC(C)(C)NC(=O)CCNC(=O)Nc1cn2cc(-c3cncc(-c4ccccc4)c3)ccc2n1. The van der Waals surface area contributed by atoms with Gasteiger partial charge in [0.25, 0.3) is 0 Å². The minimum atomic E-state index is -0.410. The summed E-state index contributed by atoms with van der Waals surface area (Å²) in [4.78, 5) is 32.9. The number of nitrogens with one attached hydrogen (secondary N) is 3. The first-order valence-corrected chi connectivity index (χ1v) is 11.1. The molecule has 3 amide bonds. The van der Waals surface area contributed by atoms with Gasteiger partial charge in [-0.15, -0.1) is 0 Å². The van der Waals surface area contributed by atoms with Crippen LogP contribution >= 0.6 is 0 Å². The van der Waals surface area contributed by atoms with Crippen molar-refractivity contribution in [1.82, 2.24) is 25.0 Å². The van der Waals surface area contributed by atoms with E-state index in [2.05, 4.69) is 44.1 Å². The first-order chi connectivity index (χ1) is 16.3. The molecule has 0 aliphatic carbocycles. The van der Waals surface area contributed by atoms with E-state index < -0.39 is 6.03 Å². The van der Waals surface area contributed by atoms with E-state index in [1.165, 1.54) is 0 Å². The fraction of sp³-hybridized carbons (Fsp3) is 0.231. The fourth-order valence-electron chi connectivity index (χ4n) is 3.54. The highest BCUT2D eigenvalue weighted by atomic mass is 16.2. The van der Waals surface area contributed by atoms with Crippen LogP contribution in [0.4, 0.5) is 10.6 Å². The van der Waals surface area contributed by atoms with Gasteiger partial charge in [0.05, 0.1) is 6.20 Å². The van der Waals surface area contributed by atoms with Crippen molar-refractivity contribution >= 4 is 23.4 Å². The van der Waals surface area contributed by atoms with Crippen LogP contribution in [0, 0.1) is 0 Å². The van der Waals surface area contributed by atoms with Gasteiger partial charge < -0.3 is 15.0 Å². The molecule has 0 aliphatic heterocycles. The van der Waals surface area contributed by atoms with Gasteiger partial charge in [-0.3, -0.25) is 15.1 Å². The third-order valence-electron chi connectivity index (χ3n) is 5.02. The zero-order valence-electron chi connectivity index (χ0n) is 19.5. The molecule has 0 atom stereocenters. The summed E-state index contributed by atoms with van der Waals surface area (Å²) in [6.45, 7) is 5.97. The average molecular weight is 457 g/mol. The molecule has 8 heteroatoms. The van der Waals surface area contributed by atoms with Gasteiger partial charge >= 0.3 is 6.03 Å². The normalized spacial score (nSPS) is 11.3. The lowest BCUT2D eigenvalue weighted by Crippen LogP contribution is -2.42. The van der Waals surface area contributed by atoms with E-state index in [1.54, 1.807) is 6.20 Å². The summed E-state index contributed by atoms with van der Waals surface area (Å²) in [6, 6.07) is 15.7. The number of hydrogen-bond donors (Lipinski definition) is 3. The Kier molecular flexibility index (Phi) is 6.58. The van der Waals surface area contributed by atoms with Crippen LogP contribution in [0.25, 0.3) is 27.9 Å². The lowest BCUT2D eigenvalue weighted by molar-refractivity contribution is -0.122. The van der Waals surface area contributed by atoms with Crippen molar-refractivity contribution in [2.45, 2.75) is 32.7 Å². The summed E-state index contributed by atoms with van der Waals surface area (Å²) in [5.74, 6) is 0.309. The van der Waals surface area contributed by atoms with E-state index in [9.17, 15) is 9.59 Å². The third kappa shape index (κ3) is 5.98. The maximum atomic E-state index is 12.2. The number of nitrogens with zero attached hydrogens (tertiary/aromatic N) is 3. The summed E-state index contributed by atoms with van der Waals surface area (Å²) in [5.41, 5.74) is 4.52. The van der Waals surface area contributed by atoms with E-state index in [1.807, 2.05) is 74.1 Å². The summed E-state index contributed by atoms with van der Waals surface area (Å²) in [5, 5.41) is 8.26. The monoisotopic (exact) mass is 456 g/mol. The van der Waals surface area contributed by atoms with Crippen molar-refractivity contribution in [3.8, 4) is 22.3 Å². The fourth-order valence-corrected chi connectivity index (χ4v) is 3.54. The molecule has 0 unspecified atom stereocenters. The molecule has 4 aromatic rings. The van der Waals surface area contributed by atoms with Gasteiger partial charge in [-0.2, -0.15) is 0 Å². The maximum absolute atomic E-state index is 12.2. The molecular formula is C26H28N6O2. The highest BCUT2D eigenvalue weighted by Crippen LogP contribution is 2.26. The lowest BCUT2D eigenvalue weighted by atomic mass is 10.0. The minimum Gasteiger partial charge on any atom is -0.351 e. The van der Waals surface area contributed by atoms with Crippen molar-refractivity contribution in [2.24, 2.45) is 0 Å². The molecule has 0 saturated carbocycles. The number of anilines is 1. The number of carbonyl (C=O) groups is 2. The van der Waals surface area contributed by atoms with E-state index >= 15 is 0 Å². The average Bonchev–Trinajstić information content (AvgIpc) is 3.20. The third-order valence-corrected chi connectivity index (χ3v) is 5.02. The number of pyridine rings is 2. The van der Waals surface area contributed by atoms with Crippen molar-refractivity contribution in [1.29, 1.82) is 0 Å². The van der Waals surface area contributed by atoms with Crippen LogP contribution < -0.4 is 16.0 Å². The molecular weight excluding hydrogens is 428 g/mol. The Morgan fingerprint density at radius 2 is 1.65 bits per heavy atom. The smallest absolute Gasteiger partial charge is 0.320 e. The van der Waals surface area contributed by atoms with Gasteiger partial charge in [0.2, 0.25) is 5.91 Å². The molecule has 0 fully saturated rings. The molecule has 8 nitrogen and oxygen atoms in total. The lowest BCUT2D eigenvalue weighted by Gasteiger charge is -2.20. The summed E-state index contributed by atoms with van der Waals surface area (Å²) < 4.78 is 1.86. The zero-order chi connectivity index (χ0) is 24.1. The molecule has 0 bridgehead atoms. The Balaban J connectivity index is 1.41. The summed E-state index contributed by atoms with van der Waals surface area (Å²) in [6.07, 6.45) is 7.58. The Bertz CT molecular complexity index is 1310. The number of fused-ring (bicyclic) bond motifs is 1. The zero-order valence-corrected chi connectivity index (χ0v) is 19.5. The first-order valence-electron chi connectivity index (χ1n) is 11.1. The Morgan fingerprint density at radius 1 is 0.912 bits per heavy atom. The quantitative estimate of drug-likeness (QED) is 0.398. The van der Waals surface area contributed by atoms with Crippen LogP contribution in [-0.2, 0) is 4.79 Å². The first kappa shape index (κ1) is 23.0. The van der Waals surface area contributed by atoms with Crippen LogP contribution in [0.3, 0.4) is 0 Å². The van der Waals surface area contributed by atoms with Crippen molar-refractivity contribution < 1.29 is 9.59 Å². The number of hydrogen-bond acceptors (Lipinski definition) is 4. The molecule has 3 heterocycles. The van der Waals surface area contributed by atoms with Gasteiger partial charge in [-0.1, -0.05) is 30.3 Å². The van der Waals surface area contributed by atoms with Crippen LogP contribution in [0.5, 0.6) is 0 Å². The van der Waals surface area contributed by atoms with E-state index in [0.29, 0.717) is 11.5 Å². The van der Waals surface area contributed by atoms with Crippen molar-refractivity contribution in [3.05, 3.63) is 73.3 Å². The van der Waals surface area contributed by atoms with Crippen LogP contribution in [0.15, 0.2) is 73.3 Å². The van der Waals surface area contributed by atoms with Gasteiger partial charge in [-0.05, 0) is 44.5 Å². The molecule has 3 aromatic heterocycles. The minimum absolute atomic E-state index is 0.112. The number of aromatic nitrogens is 3. The second-order valence-electron chi connectivity index (χ2n) is 9.07. The Labute approximate surface area is 198 Å². The molecule has 34 heavy (non-hydrogen) atoms. The molecule has 0 saturated heterocycles. The summed E-state index contributed by atoms with van der Waals surface area (Å²) >= 11 is 0. The molecule has 3 N–H and O–H groups in total. The number of amides is 3. The number of imidazole rings is 1. The second-order valence-corrected chi connectivity index (χ2v) is 9.07. The molecule has 0 radical (unpaired) electrons. The second kappa shape index (κ2) is 9.74. The predicted octanol–water partition coefficient (Wildman–Crippen LogP) is 4.49. The van der Waals surface area contributed by atoms with Gasteiger partial charge in [0.15, 0.2) is 5.82 Å². The largest absolute Gasteiger partial charge is 0.351 e. The van der Waals surface area contributed by atoms with Gasteiger partial charge in [0.1, 0.15) is 5.65 Å². The van der Waals surface area contributed by atoms with Crippen molar-refractivity contribution in [3.63, 3.8) is 0 Å². The van der Waals surface area contributed by atoms with Crippen LogP contribution in [0.1, 0.15) is 27.2 Å². The number of benzene rings is 1. The van der Waals surface area contributed by atoms with Crippen LogP contribution in [0.2, 0.25) is 0 Å².